The lowest BCUT2D eigenvalue weighted by Gasteiger charge is -2.36. The van der Waals surface area contributed by atoms with Crippen molar-refractivity contribution in [3.8, 4) is 0 Å². The number of piperidine rings is 1. The van der Waals surface area contributed by atoms with Crippen LogP contribution in [0.25, 0.3) is 0 Å². The Kier molecular flexibility index (Phi) is 6.62. The average molecular weight is 508 g/mol. The molecule has 1 aromatic carbocycles. The van der Waals surface area contributed by atoms with Gasteiger partial charge in [-0.2, -0.15) is 0 Å². The molecule has 0 amide bonds. The van der Waals surface area contributed by atoms with Gasteiger partial charge in [0, 0.05) is 48.4 Å². The summed E-state index contributed by atoms with van der Waals surface area (Å²) in [5.74, 6) is 2.83. The lowest BCUT2D eigenvalue weighted by Crippen LogP contribution is -2.45. The van der Waals surface area contributed by atoms with Crippen LogP contribution in [-0.4, -0.2) is 42.5 Å². The number of nitrogens with zero attached hydrogens (tertiary/aromatic N) is 4. The number of allylic oxidation sites excluding steroid dienone is 1. The van der Waals surface area contributed by atoms with Gasteiger partial charge in [-0.1, -0.05) is 31.2 Å². The molecule has 196 valence electrons. The van der Waals surface area contributed by atoms with Gasteiger partial charge in [0.25, 0.3) is 0 Å². The molecule has 1 fully saturated rings. The van der Waals surface area contributed by atoms with Gasteiger partial charge in [-0.25, -0.2) is 9.97 Å². The van der Waals surface area contributed by atoms with Crippen molar-refractivity contribution in [2.75, 3.05) is 36.5 Å². The van der Waals surface area contributed by atoms with E-state index in [-0.39, 0.29) is 5.41 Å². The third-order valence-corrected chi connectivity index (χ3v) is 8.62. The molecule has 1 atom stereocenters. The lowest BCUT2D eigenvalue weighted by atomic mass is 9.73. The number of benzene rings is 1. The Morgan fingerprint density at radius 2 is 1.76 bits per heavy atom. The molecule has 38 heavy (non-hydrogen) atoms. The van der Waals surface area contributed by atoms with E-state index in [1.165, 1.54) is 28.1 Å². The summed E-state index contributed by atoms with van der Waals surface area (Å²) in [6, 6.07) is 18.7. The predicted octanol–water partition coefficient (Wildman–Crippen LogP) is 5.14. The maximum atomic E-state index is 9.44. The fourth-order valence-electron chi connectivity index (χ4n) is 6.73. The fourth-order valence-corrected chi connectivity index (χ4v) is 6.73. The highest BCUT2D eigenvalue weighted by Gasteiger charge is 2.47. The van der Waals surface area contributed by atoms with Crippen molar-refractivity contribution in [1.29, 1.82) is 5.41 Å². The van der Waals surface area contributed by atoms with Crippen LogP contribution in [0.15, 0.2) is 78.3 Å². The molecule has 0 saturated carbocycles. The normalized spacial score (nSPS) is 20.1. The van der Waals surface area contributed by atoms with E-state index in [1.807, 2.05) is 55.8 Å². The molecular formula is C31H37N7. The molecule has 0 bridgehead atoms. The number of hydrogen-bond acceptors (Lipinski definition) is 6. The Labute approximate surface area is 225 Å². The van der Waals surface area contributed by atoms with Crippen molar-refractivity contribution in [2.45, 2.75) is 44.6 Å². The minimum absolute atomic E-state index is 0.0194. The maximum Gasteiger partial charge on any atom is 0.134 e. The van der Waals surface area contributed by atoms with E-state index in [0.717, 1.165) is 57.0 Å². The van der Waals surface area contributed by atoms with Crippen molar-refractivity contribution in [1.82, 2.24) is 20.6 Å². The molecule has 7 nitrogen and oxygen atoms in total. The van der Waals surface area contributed by atoms with Crippen LogP contribution in [0.4, 0.5) is 17.3 Å². The Balaban J connectivity index is 1.45. The van der Waals surface area contributed by atoms with E-state index in [1.54, 1.807) is 0 Å². The minimum Gasteiger partial charge on any atom is -0.391 e. The molecule has 3 aliphatic rings. The van der Waals surface area contributed by atoms with Gasteiger partial charge in [0.1, 0.15) is 17.5 Å². The molecule has 2 aliphatic heterocycles. The number of pyridine rings is 2. The number of amidine groups is 1. The monoisotopic (exact) mass is 507 g/mol. The summed E-state index contributed by atoms with van der Waals surface area (Å²) < 4.78 is 0. The lowest BCUT2D eigenvalue weighted by molar-refractivity contribution is 0.328. The first-order chi connectivity index (χ1) is 18.6. The molecule has 1 aliphatic carbocycles. The Morgan fingerprint density at radius 1 is 1.05 bits per heavy atom. The van der Waals surface area contributed by atoms with Gasteiger partial charge in [0.15, 0.2) is 0 Å². The summed E-state index contributed by atoms with van der Waals surface area (Å²) >= 11 is 0. The molecular weight excluding hydrogens is 470 g/mol. The fraction of sp³-hybridized carbons (Fsp3) is 0.387. The number of fused-ring (bicyclic) bond motifs is 2. The van der Waals surface area contributed by atoms with Gasteiger partial charge < -0.3 is 20.4 Å². The summed E-state index contributed by atoms with van der Waals surface area (Å²) in [6.45, 7) is 5.80. The van der Waals surface area contributed by atoms with Crippen molar-refractivity contribution in [3.05, 3.63) is 89.4 Å². The SMILES string of the molecule is CNC1=C(C(=N)N2CC3(CCNCC3)c3c(CN(c4ccccn4)c4ccccn4)cccc32)[C@H](C)CC1. The Bertz CT molecular complexity index is 1290. The van der Waals surface area contributed by atoms with Crippen LogP contribution >= 0.6 is 0 Å². The molecule has 3 N–H and O–H groups in total. The van der Waals surface area contributed by atoms with Crippen molar-refractivity contribution < 1.29 is 0 Å². The van der Waals surface area contributed by atoms with Crippen LogP contribution in [0.2, 0.25) is 0 Å². The largest absolute Gasteiger partial charge is 0.391 e. The van der Waals surface area contributed by atoms with Crippen LogP contribution in [0.3, 0.4) is 0 Å². The molecule has 2 aromatic heterocycles. The van der Waals surface area contributed by atoms with Crippen LogP contribution in [-0.2, 0) is 12.0 Å². The molecule has 4 heterocycles. The Hall–Kier alpha value is -3.71. The van der Waals surface area contributed by atoms with E-state index < -0.39 is 0 Å². The molecule has 1 spiro atoms. The molecule has 1 saturated heterocycles. The zero-order valence-electron chi connectivity index (χ0n) is 22.4. The zero-order valence-corrected chi connectivity index (χ0v) is 22.4. The highest BCUT2D eigenvalue weighted by molar-refractivity contribution is 6.10. The number of aromatic nitrogens is 2. The molecule has 3 aromatic rings. The summed E-state index contributed by atoms with van der Waals surface area (Å²) in [5.41, 5.74) is 6.31. The number of rotatable bonds is 6. The van der Waals surface area contributed by atoms with Crippen LogP contribution in [0.1, 0.15) is 43.7 Å². The van der Waals surface area contributed by atoms with Crippen LogP contribution in [0.5, 0.6) is 0 Å². The summed E-state index contributed by atoms with van der Waals surface area (Å²) in [5, 5.41) is 16.4. The smallest absolute Gasteiger partial charge is 0.134 e. The van der Waals surface area contributed by atoms with E-state index in [9.17, 15) is 5.41 Å². The van der Waals surface area contributed by atoms with E-state index in [2.05, 4.69) is 55.5 Å². The van der Waals surface area contributed by atoms with Gasteiger partial charge in [-0.05, 0) is 86.1 Å². The van der Waals surface area contributed by atoms with E-state index in [0.29, 0.717) is 18.3 Å². The second-order valence-electron chi connectivity index (χ2n) is 10.8. The van der Waals surface area contributed by atoms with E-state index in [4.69, 9.17) is 0 Å². The molecule has 6 rings (SSSR count). The van der Waals surface area contributed by atoms with Gasteiger partial charge >= 0.3 is 0 Å². The Morgan fingerprint density at radius 3 is 2.39 bits per heavy atom. The quantitative estimate of drug-likeness (QED) is 0.317. The number of hydrogen-bond donors (Lipinski definition) is 3. The van der Waals surface area contributed by atoms with Crippen molar-refractivity contribution in [3.63, 3.8) is 0 Å². The average Bonchev–Trinajstić information content (AvgIpc) is 3.50. The first-order valence-electron chi connectivity index (χ1n) is 13.8. The van der Waals surface area contributed by atoms with E-state index >= 15 is 0 Å². The third-order valence-electron chi connectivity index (χ3n) is 8.62. The second-order valence-corrected chi connectivity index (χ2v) is 10.8. The number of nitrogens with one attached hydrogen (secondary N) is 3. The molecule has 7 heteroatoms. The molecule has 0 radical (unpaired) electrons. The predicted molar refractivity (Wildman–Crippen MR) is 154 cm³/mol. The second kappa shape index (κ2) is 10.2. The summed E-state index contributed by atoms with van der Waals surface area (Å²) in [6.07, 6.45) is 7.95. The minimum atomic E-state index is 0.0194. The summed E-state index contributed by atoms with van der Waals surface area (Å²) in [7, 11) is 1.99. The van der Waals surface area contributed by atoms with Crippen molar-refractivity contribution >= 4 is 23.2 Å². The highest BCUT2D eigenvalue weighted by atomic mass is 15.2. The standard InChI is InChI=1S/C31H37N7/c1-22-12-13-24(33-2)28(22)30(32)38-21-31(14-18-34-19-15-31)29-23(8-7-9-25(29)38)20-37(26-10-3-5-16-35-26)27-11-4-6-17-36-27/h3-11,16-17,22,32-34H,12-15,18-21H2,1-2H3/t22-/m1/s1. The first kappa shape index (κ1) is 24.6. The maximum absolute atomic E-state index is 9.44. The van der Waals surface area contributed by atoms with Crippen molar-refractivity contribution in [2.24, 2.45) is 5.92 Å². The van der Waals surface area contributed by atoms with Gasteiger partial charge in [0.2, 0.25) is 0 Å². The van der Waals surface area contributed by atoms with Gasteiger partial charge in [-0.15, -0.1) is 0 Å². The van der Waals surface area contributed by atoms with Crippen LogP contribution in [0, 0.1) is 11.3 Å². The number of anilines is 3. The summed E-state index contributed by atoms with van der Waals surface area (Å²) in [4.78, 5) is 13.9. The topological polar surface area (TPSA) is 80.2 Å². The zero-order chi connectivity index (χ0) is 26.1. The highest BCUT2D eigenvalue weighted by Crippen LogP contribution is 2.49. The molecule has 0 unspecified atom stereocenters. The first-order valence-corrected chi connectivity index (χ1v) is 13.8. The van der Waals surface area contributed by atoms with Gasteiger partial charge in [0.05, 0.1) is 6.54 Å². The van der Waals surface area contributed by atoms with Gasteiger partial charge in [-0.3, -0.25) is 5.41 Å². The van der Waals surface area contributed by atoms with Crippen LogP contribution < -0.4 is 20.4 Å². The third kappa shape index (κ3) is 4.25.